The van der Waals surface area contributed by atoms with Gasteiger partial charge in [0.1, 0.15) is 0 Å². The van der Waals surface area contributed by atoms with Crippen LogP contribution in [-0.4, -0.2) is 22.9 Å². The Morgan fingerprint density at radius 2 is 1.05 bits per heavy atom. The molecule has 1 aromatic carbocycles. The van der Waals surface area contributed by atoms with Gasteiger partial charge in [-0.3, -0.25) is 0 Å². The summed E-state index contributed by atoms with van der Waals surface area (Å²) >= 11 is 7.57. The predicted octanol–water partition coefficient (Wildman–Crippen LogP) is 4.03. The maximum Gasteiger partial charge on any atom is 0.231 e. The molecule has 0 fully saturated rings. The molecule has 2 rings (SSSR count). The van der Waals surface area contributed by atoms with Gasteiger partial charge in [0, 0.05) is 8.95 Å². The second kappa shape index (κ2) is 4.89. The quantitative estimate of drug-likeness (QED) is 0.668. The minimum atomic E-state index is -1.51. The van der Waals surface area contributed by atoms with Gasteiger partial charge in [0.2, 0.25) is 6.79 Å². The van der Waals surface area contributed by atoms with Crippen molar-refractivity contribution in [3.63, 3.8) is 0 Å². The smallest absolute Gasteiger partial charge is 0.231 e. The molecule has 0 saturated carbocycles. The third-order valence-electron chi connectivity index (χ3n) is 3.20. The molecule has 1 aliphatic rings. The van der Waals surface area contributed by atoms with Crippen LogP contribution in [-0.2, 0) is 0 Å². The number of hydrogen-bond donors (Lipinski definition) is 0. The fraction of sp³-hybridized carbons (Fsp3) is 0.538. The van der Waals surface area contributed by atoms with Crippen LogP contribution in [0, 0.1) is 0 Å². The first-order valence-electron chi connectivity index (χ1n) is 6.36. The minimum absolute atomic E-state index is 0.340. The van der Waals surface area contributed by atoms with Crippen LogP contribution >= 0.6 is 31.9 Å². The zero-order valence-electron chi connectivity index (χ0n) is 12.3. The fourth-order valence-corrected chi connectivity index (χ4v) is 10.4. The lowest BCUT2D eigenvalue weighted by atomic mass is 10.3. The highest BCUT2D eigenvalue weighted by atomic mass is 79.9. The lowest BCUT2D eigenvalue weighted by Crippen LogP contribution is -2.44. The number of fused-ring (bicyclic) bond motifs is 1. The van der Waals surface area contributed by atoms with Crippen LogP contribution in [0.2, 0.25) is 39.3 Å². The average Bonchev–Trinajstić information content (AvgIpc) is 2.62. The van der Waals surface area contributed by atoms with Crippen molar-refractivity contribution in [1.29, 1.82) is 0 Å². The summed E-state index contributed by atoms with van der Waals surface area (Å²) in [5.41, 5.74) is 0. The summed E-state index contributed by atoms with van der Waals surface area (Å²) in [6, 6.07) is 0. The maximum atomic E-state index is 5.81. The normalized spacial score (nSPS) is 14.9. The van der Waals surface area contributed by atoms with Gasteiger partial charge in [-0.15, -0.1) is 0 Å². The third kappa shape index (κ3) is 2.69. The van der Waals surface area contributed by atoms with Crippen LogP contribution in [0.5, 0.6) is 11.5 Å². The van der Waals surface area contributed by atoms with Crippen molar-refractivity contribution in [2.24, 2.45) is 0 Å². The Labute approximate surface area is 134 Å². The molecule has 6 heteroatoms. The van der Waals surface area contributed by atoms with Crippen LogP contribution in [0.25, 0.3) is 0 Å². The number of benzene rings is 1. The van der Waals surface area contributed by atoms with Gasteiger partial charge in [-0.05, 0) is 42.2 Å². The summed E-state index contributed by atoms with van der Waals surface area (Å²) in [5.74, 6) is 1.96. The molecule has 0 saturated heterocycles. The van der Waals surface area contributed by atoms with Crippen LogP contribution in [0.15, 0.2) is 8.95 Å². The Kier molecular flexibility index (Phi) is 4.02. The zero-order chi connectivity index (χ0) is 14.6. The average molecular weight is 424 g/mol. The summed E-state index contributed by atoms with van der Waals surface area (Å²) in [4.78, 5) is 0. The molecule has 1 aliphatic heterocycles. The third-order valence-corrected chi connectivity index (χ3v) is 10.0. The Hall–Kier alpha value is 0.214. The molecule has 1 heterocycles. The number of ether oxygens (including phenoxy) is 2. The fourth-order valence-electron chi connectivity index (χ4n) is 2.41. The van der Waals surface area contributed by atoms with E-state index in [-0.39, 0.29) is 0 Å². The summed E-state index contributed by atoms with van der Waals surface area (Å²) in [6.07, 6.45) is 0. The summed E-state index contributed by atoms with van der Waals surface area (Å²) in [6.45, 7) is 14.3. The largest absolute Gasteiger partial charge is 0.454 e. The van der Waals surface area contributed by atoms with E-state index in [9.17, 15) is 0 Å². The molecule has 0 spiro atoms. The minimum Gasteiger partial charge on any atom is -0.454 e. The summed E-state index contributed by atoms with van der Waals surface area (Å²) < 4.78 is 13.9. The van der Waals surface area contributed by atoms with Crippen molar-refractivity contribution < 1.29 is 9.47 Å². The van der Waals surface area contributed by atoms with Crippen molar-refractivity contribution >= 4 is 58.4 Å². The van der Waals surface area contributed by atoms with Crippen LogP contribution in [0.1, 0.15) is 0 Å². The lowest BCUT2D eigenvalue weighted by Gasteiger charge is -2.27. The Morgan fingerprint density at radius 3 is 1.32 bits per heavy atom. The molecule has 0 bridgehead atoms. The molecule has 19 heavy (non-hydrogen) atoms. The van der Waals surface area contributed by atoms with Crippen LogP contribution in [0.3, 0.4) is 0 Å². The lowest BCUT2D eigenvalue weighted by molar-refractivity contribution is 0.175. The Morgan fingerprint density at radius 1 is 0.737 bits per heavy atom. The molecule has 0 amide bonds. The van der Waals surface area contributed by atoms with Gasteiger partial charge in [0.25, 0.3) is 0 Å². The van der Waals surface area contributed by atoms with Crippen molar-refractivity contribution in [3.8, 4) is 11.5 Å². The van der Waals surface area contributed by atoms with E-state index < -0.39 is 16.1 Å². The highest BCUT2D eigenvalue weighted by molar-refractivity contribution is 9.13. The monoisotopic (exact) mass is 422 g/mol. The predicted molar refractivity (Wildman–Crippen MR) is 93.9 cm³/mol. The van der Waals surface area contributed by atoms with Gasteiger partial charge in [-0.2, -0.15) is 0 Å². The first-order valence-corrected chi connectivity index (χ1v) is 14.9. The van der Waals surface area contributed by atoms with E-state index in [1.54, 1.807) is 0 Å². The number of rotatable bonds is 2. The van der Waals surface area contributed by atoms with Gasteiger partial charge in [-0.1, -0.05) is 39.3 Å². The van der Waals surface area contributed by atoms with E-state index in [2.05, 4.69) is 71.1 Å². The van der Waals surface area contributed by atoms with Gasteiger partial charge in [-0.25, -0.2) is 0 Å². The van der Waals surface area contributed by atoms with Gasteiger partial charge in [0.15, 0.2) is 11.5 Å². The van der Waals surface area contributed by atoms with E-state index in [0.717, 1.165) is 20.4 Å². The van der Waals surface area contributed by atoms with Crippen molar-refractivity contribution in [1.82, 2.24) is 0 Å². The van der Waals surface area contributed by atoms with E-state index >= 15 is 0 Å². The van der Waals surface area contributed by atoms with E-state index in [4.69, 9.17) is 9.47 Å². The standard InChI is InChI=1S/C13H20Br2O2Si2/c1-18(2,3)12-8(14)9(15)13(19(4,5)6)11-10(12)16-7-17-11/h7H2,1-6H3. The molecule has 0 radical (unpaired) electrons. The topological polar surface area (TPSA) is 18.5 Å². The molecule has 2 nitrogen and oxygen atoms in total. The van der Waals surface area contributed by atoms with Gasteiger partial charge < -0.3 is 9.47 Å². The van der Waals surface area contributed by atoms with Crippen LogP contribution < -0.4 is 19.8 Å². The SMILES string of the molecule is C[Si](C)(C)c1c(Br)c(Br)c([Si](C)(C)C)c2c1OCO2. The molecular formula is C13H20Br2O2Si2. The van der Waals surface area contributed by atoms with E-state index in [1.165, 1.54) is 10.4 Å². The van der Waals surface area contributed by atoms with Crippen molar-refractivity contribution in [2.75, 3.05) is 6.79 Å². The Bertz CT molecular complexity index is 484. The second-order valence-corrected chi connectivity index (χ2v) is 18.5. The molecule has 1 aromatic rings. The first kappa shape index (κ1) is 15.6. The summed E-state index contributed by atoms with van der Waals surface area (Å²) in [5, 5.41) is 2.63. The first-order chi connectivity index (χ1) is 8.55. The highest BCUT2D eigenvalue weighted by Crippen LogP contribution is 2.39. The molecule has 0 aliphatic carbocycles. The van der Waals surface area contributed by atoms with Gasteiger partial charge >= 0.3 is 0 Å². The van der Waals surface area contributed by atoms with E-state index in [0.29, 0.717) is 6.79 Å². The maximum absolute atomic E-state index is 5.81. The van der Waals surface area contributed by atoms with Crippen molar-refractivity contribution in [2.45, 2.75) is 39.3 Å². The Balaban J connectivity index is 2.85. The van der Waals surface area contributed by atoms with Gasteiger partial charge in [0.05, 0.1) is 16.1 Å². The highest BCUT2D eigenvalue weighted by Gasteiger charge is 2.37. The molecule has 0 N–H and O–H groups in total. The zero-order valence-corrected chi connectivity index (χ0v) is 17.5. The summed E-state index contributed by atoms with van der Waals surface area (Å²) in [7, 11) is -3.03. The second-order valence-electron chi connectivity index (χ2n) is 6.94. The van der Waals surface area contributed by atoms with Crippen LogP contribution in [0.4, 0.5) is 0 Å². The molecule has 106 valence electrons. The number of hydrogen-bond acceptors (Lipinski definition) is 2. The molecule has 0 aromatic heterocycles. The van der Waals surface area contributed by atoms with E-state index in [1.807, 2.05) is 0 Å². The molecule has 0 unspecified atom stereocenters. The molecular weight excluding hydrogens is 404 g/mol. The van der Waals surface area contributed by atoms with Crippen molar-refractivity contribution in [3.05, 3.63) is 8.95 Å². The molecule has 0 atom stereocenters. The number of halogens is 2.